The van der Waals surface area contributed by atoms with Crippen molar-refractivity contribution in [1.29, 1.82) is 0 Å². The van der Waals surface area contributed by atoms with Crippen LogP contribution in [-0.4, -0.2) is 21.9 Å². The lowest BCUT2D eigenvalue weighted by Gasteiger charge is -2.14. The lowest BCUT2D eigenvalue weighted by atomic mass is 10.2. The maximum Gasteiger partial charge on any atom is 0.310 e. The first-order valence-corrected chi connectivity index (χ1v) is 7.32. The number of benzene rings is 2. The highest BCUT2D eigenvalue weighted by Gasteiger charge is 2.21. The number of anilines is 1. The molecule has 1 N–H and O–H groups in total. The SMILES string of the molecule is C[C@@H](Oc1ccccc1[N+](=O)[O-])C(=O)Nc1ccc(Cl)c([N+](=O)[O-])c1. The van der Waals surface area contributed by atoms with Gasteiger partial charge in [-0.2, -0.15) is 0 Å². The highest BCUT2D eigenvalue weighted by Crippen LogP contribution is 2.29. The van der Waals surface area contributed by atoms with Crippen LogP contribution in [0.1, 0.15) is 6.92 Å². The first-order valence-electron chi connectivity index (χ1n) is 6.94. The molecule has 0 aliphatic heterocycles. The molecule has 2 aromatic rings. The van der Waals surface area contributed by atoms with Gasteiger partial charge in [0.05, 0.1) is 9.85 Å². The van der Waals surface area contributed by atoms with Crippen LogP contribution in [0.2, 0.25) is 5.02 Å². The molecule has 2 aromatic carbocycles. The van der Waals surface area contributed by atoms with Gasteiger partial charge < -0.3 is 10.1 Å². The fourth-order valence-corrected chi connectivity index (χ4v) is 2.11. The molecule has 1 atom stereocenters. The van der Waals surface area contributed by atoms with E-state index in [9.17, 15) is 25.0 Å². The molecule has 0 aliphatic rings. The number of ether oxygens (including phenoxy) is 1. The van der Waals surface area contributed by atoms with Crippen molar-refractivity contribution in [3.63, 3.8) is 0 Å². The minimum atomic E-state index is -1.07. The third-order valence-electron chi connectivity index (χ3n) is 3.15. The van der Waals surface area contributed by atoms with E-state index >= 15 is 0 Å². The Bertz CT molecular complexity index is 842. The second-order valence-corrected chi connectivity index (χ2v) is 5.30. The highest BCUT2D eigenvalue weighted by atomic mass is 35.5. The van der Waals surface area contributed by atoms with Crippen LogP contribution in [0.4, 0.5) is 17.1 Å². The van der Waals surface area contributed by atoms with Crippen LogP contribution in [0.5, 0.6) is 5.75 Å². The van der Waals surface area contributed by atoms with Gasteiger partial charge in [-0.3, -0.25) is 25.0 Å². The van der Waals surface area contributed by atoms with Gasteiger partial charge in [0, 0.05) is 17.8 Å². The Labute approximate surface area is 146 Å². The van der Waals surface area contributed by atoms with Crippen molar-refractivity contribution >= 4 is 34.6 Å². The maximum absolute atomic E-state index is 12.2. The molecule has 0 spiro atoms. The van der Waals surface area contributed by atoms with E-state index in [4.69, 9.17) is 16.3 Å². The van der Waals surface area contributed by atoms with Gasteiger partial charge in [0.25, 0.3) is 11.6 Å². The van der Waals surface area contributed by atoms with Crippen LogP contribution in [-0.2, 0) is 4.79 Å². The topological polar surface area (TPSA) is 125 Å². The van der Waals surface area contributed by atoms with E-state index in [-0.39, 0.29) is 27.8 Å². The smallest absolute Gasteiger partial charge is 0.310 e. The number of hydrogen-bond donors (Lipinski definition) is 1. The third kappa shape index (κ3) is 4.42. The van der Waals surface area contributed by atoms with Crippen LogP contribution < -0.4 is 10.1 Å². The molecule has 130 valence electrons. The minimum absolute atomic E-state index is 0.0581. The van der Waals surface area contributed by atoms with Gasteiger partial charge in [-0.05, 0) is 25.1 Å². The van der Waals surface area contributed by atoms with E-state index in [0.717, 1.165) is 6.07 Å². The molecule has 1 amide bonds. The van der Waals surface area contributed by atoms with Crippen LogP contribution in [0.15, 0.2) is 42.5 Å². The number of nitrogens with one attached hydrogen (secondary N) is 1. The molecule has 0 aromatic heterocycles. The summed E-state index contributed by atoms with van der Waals surface area (Å²) in [5.74, 6) is -0.688. The number of nitro benzene ring substituents is 2. The number of hydrogen-bond acceptors (Lipinski definition) is 6. The first kappa shape index (κ1) is 18.1. The Kier molecular flexibility index (Phi) is 5.50. The Morgan fingerprint density at radius 3 is 2.40 bits per heavy atom. The number of nitrogens with zero attached hydrogens (tertiary/aromatic N) is 2. The fraction of sp³-hybridized carbons (Fsp3) is 0.133. The summed E-state index contributed by atoms with van der Waals surface area (Å²) in [7, 11) is 0. The summed E-state index contributed by atoms with van der Waals surface area (Å²) in [4.78, 5) is 32.7. The summed E-state index contributed by atoms with van der Waals surface area (Å²) < 4.78 is 5.33. The van der Waals surface area contributed by atoms with E-state index in [1.165, 1.54) is 43.3 Å². The Morgan fingerprint density at radius 2 is 1.76 bits per heavy atom. The predicted octanol–water partition coefficient (Wildman–Crippen LogP) is 3.56. The summed E-state index contributed by atoms with van der Waals surface area (Å²) in [6.07, 6.45) is -1.07. The van der Waals surface area contributed by atoms with Crippen LogP contribution >= 0.6 is 11.6 Å². The number of carbonyl (C=O) groups excluding carboxylic acids is 1. The molecule has 0 heterocycles. The summed E-state index contributed by atoms with van der Waals surface area (Å²) in [5, 5.41) is 24.2. The van der Waals surface area contributed by atoms with Crippen molar-refractivity contribution in [1.82, 2.24) is 0 Å². The van der Waals surface area contributed by atoms with Crippen LogP contribution in [0.25, 0.3) is 0 Å². The summed E-state index contributed by atoms with van der Waals surface area (Å²) in [6.45, 7) is 1.40. The number of amides is 1. The lowest BCUT2D eigenvalue weighted by Crippen LogP contribution is -2.30. The zero-order valence-corrected chi connectivity index (χ0v) is 13.6. The van der Waals surface area contributed by atoms with E-state index in [0.29, 0.717) is 0 Å². The number of carbonyl (C=O) groups is 1. The summed E-state index contributed by atoms with van der Waals surface area (Å²) in [6, 6.07) is 9.42. The number of halogens is 1. The van der Waals surface area contributed by atoms with Gasteiger partial charge >= 0.3 is 5.69 Å². The van der Waals surface area contributed by atoms with Crippen molar-refractivity contribution in [3.05, 3.63) is 67.7 Å². The molecule has 0 bridgehead atoms. The maximum atomic E-state index is 12.2. The number of nitro groups is 2. The molecule has 2 rings (SSSR count). The molecular formula is C15H12ClN3O6. The molecule has 25 heavy (non-hydrogen) atoms. The zero-order chi connectivity index (χ0) is 18.6. The molecule has 0 radical (unpaired) electrons. The molecule has 0 saturated heterocycles. The quantitative estimate of drug-likeness (QED) is 0.616. The van der Waals surface area contributed by atoms with Crippen molar-refractivity contribution in [3.8, 4) is 5.75 Å². The minimum Gasteiger partial charge on any atom is -0.474 e. The van der Waals surface area contributed by atoms with Gasteiger partial charge in [-0.25, -0.2) is 0 Å². The van der Waals surface area contributed by atoms with Crippen LogP contribution in [0.3, 0.4) is 0 Å². The van der Waals surface area contributed by atoms with Crippen molar-refractivity contribution in [2.24, 2.45) is 0 Å². The van der Waals surface area contributed by atoms with Crippen LogP contribution in [0, 0.1) is 20.2 Å². The number of para-hydroxylation sites is 2. The predicted molar refractivity (Wildman–Crippen MR) is 89.9 cm³/mol. The summed E-state index contributed by atoms with van der Waals surface area (Å²) >= 11 is 5.70. The van der Waals surface area contributed by atoms with Gasteiger partial charge in [0.1, 0.15) is 5.02 Å². The Hall–Kier alpha value is -3.20. The normalized spacial score (nSPS) is 11.4. The van der Waals surface area contributed by atoms with E-state index in [1.54, 1.807) is 0 Å². The number of rotatable bonds is 6. The second kappa shape index (κ2) is 7.58. The van der Waals surface area contributed by atoms with Crippen molar-refractivity contribution in [2.45, 2.75) is 13.0 Å². The van der Waals surface area contributed by atoms with E-state index in [2.05, 4.69) is 5.32 Å². The average molecular weight is 366 g/mol. The summed E-state index contributed by atoms with van der Waals surface area (Å²) in [5.41, 5.74) is -0.477. The Morgan fingerprint density at radius 1 is 1.12 bits per heavy atom. The monoisotopic (exact) mass is 365 g/mol. The average Bonchev–Trinajstić information content (AvgIpc) is 2.56. The van der Waals surface area contributed by atoms with Gasteiger partial charge in [0.15, 0.2) is 11.9 Å². The van der Waals surface area contributed by atoms with E-state index in [1.807, 2.05) is 0 Å². The first-order chi connectivity index (χ1) is 11.8. The van der Waals surface area contributed by atoms with E-state index < -0.39 is 21.9 Å². The molecule has 0 fully saturated rings. The Balaban J connectivity index is 2.13. The second-order valence-electron chi connectivity index (χ2n) is 4.90. The van der Waals surface area contributed by atoms with Gasteiger partial charge in [-0.15, -0.1) is 0 Å². The largest absolute Gasteiger partial charge is 0.474 e. The van der Waals surface area contributed by atoms with Gasteiger partial charge in [-0.1, -0.05) is 23.7 Å². The highest BCUT2D eigenvalue weighted by molar-refractivity contribution is 6.32. The van der Waals surface area contributed by atoms with Crippen molar-refractivity contribution < 1.29 is 19.4 Å². The third-order valence-corrected chi connectivity index (χ3v) is 3.46. The fourth-order valence-electron chi connectivity index (χ4n) is 1.93. The van der Waals surface area contributed by atoms with Crippen molar-refractivity contribution in [2.75, 3.05) is 5.32 Å². The lowest BCUT2D eigenvalue weighted by molar-refractivity contribution is -0.386. The molecule has 0 unspecified atom stereocenters. The molecular weight excluding hydrogens is 354 g/mol. The molecule has 9 nitrogen and oxygen atoms in total. The molecule has 0 aliphatic carbocycles. The van der Waals surface area contributed by atoms with Gasteiger partial charge in [0.2, 0.25) is 0 Å². The molecule has 10 heteroatoms. The zero-order valence-electron chi connectivity index (χ0n) is 12.8. The standard InChI is InChI=1S/C15H12ClN3O6/c1-9(25-14-5-3-2-4-12(14)18(21)22)15(20)17-10-6-7-11(16)13(8-10)19(23)24/h2-9H,1H3,(H,17,20)/t9-/m1/s1. The molecule has 0 saturated carbocycles.